The van der Waals surface area contributed by atoms with Crippen molar-refractivity contribution in [3.05, 3.63) is 28.0 Å². The molecule has 76 valence electrons. The van der Waals surface area contributed by atoms with Gasteiger partial charge < -0.3 is 15.9 Å². The number of aromatic hydroxyl groups is 1. The zero-order valence-electron chi connectivity index (χ0n) is 7.44. The van der Waals surface area contributed by atoms with Crippen LogP contribution in [0.5, 0.6) is 5.88 Å². The van der Waals surface area contributed by atoms with Gasteiger partial charge in [-0.15, -0.1) is 0 Å². The van der Waals surface area contributed by atoms with E-state index >= 15 is 0 Å². The van der Waals surface area contributed by atoms with Gasteiger partial charge in [-0.2, -0.15) is 0 Å². The maximum atomic E-state index is 10.9. The first-order valence-electron chi connectivity index (χ1n) is 3.80. The molecule has 1 aromatic rings. The number of aromatic amines is 1. The van der Waals surface area contributed by atoms with Crippen molar-refractivity contribution in [3.63, 3.8) is 0 Å². The highest BCUT2D eigenvalue weighted by Gasteiger charge is 2.30. The third kappa shape index (κ3) is 1.74. The number of rotatable bonds is 2. The van der Waals surface area contributed by atoms with Crippen LogP contribution in [0, 0.1) is 0 Å². The number of H-pyrrole nitrogens is 1. The van der Waals surface area contributed by atoms with Gasteiger partial charge in [0.15, 0.2) is 5.88 Å². The van der Waals surface area contributed by atoms with E-state index in [4.69, 9.17) is 15.9 Å². The summed E-state index contributed by atoms with van der Waals surface area (Å²) in [6.07, 6.45) is 0. The maximum Gasteiger partial charge on any atom is 0.328 e. The summed E-state index contributed by atoms with van der Waals surface area (Å²) in [5.74, 6) is -1.69. The van der Waals surface area contributed by atoms with Crippen molar-refractivity contribution < 1.29 is 15.0 Å². The Morgan fingerprint density at radius 2 is 2.14 bits per heavy atom. The first kappa shape index (κ1) is 10.3. The molecule has 0 saturated carbocycles. The van der Waals surface area contributed by atoms with Crippen molar-refractivity contribution in [2.75, 3.05) is 0 Å². The van der Waals surface area contributed by atoms with Gasteiger partial charge in [-0.3, -0.25) is 9.78 Å². The second-order valence-electron chi connectivity index (χ2n) is 3.13. The Kier molecular flexibility index (Phi) is 2.31. The molecule has 1 aromatic heterocycles. The molecule has 0 radical (unpaired) electrons. The fourth-order valence-electron chi connectivity index (χ4n) is 0.952. The lowest BCUT2D eigenvalue weighted by Crippen LogP contribution is -2.42. The second kappa shape index (κ2) is 3.15. The number of hydrogen-bond acceptors (Lipinski definition) is 4. The van der Waals surface area contributed by atoms with Gasteiger partial charge in [0.25, 0.3) is 5.56 Å². The van der Waals surface area contributed by atoms with Gasteiger partial charge in [-0.1, -0.05) is 0 Å². The van der Waals surface area contributed by atoms with Crippen molar-refractivity contribution in [2.24, 2.45) is 5.73 Å². The van der Waals surface area contributed by atoms with Gasteiger partial charge in [0, 0.05) is 12.1 Å². The molecule has 0 saturated heterocycles. The number of pyridine rings is 1. The average molecular weight is 198 g/mol. The first-order valence-corrected chi connectivity index (χ1v) is 3.80. The van der Waals surface area contributed by atoms with E-state index in [0.29, 0.717) is 0 Å². The van der Waals surface area contributed by atoms with Crippen LogP contribution in [0.25, 0.3) is 0 Å². The molecule has 6 nitrogen and oxygen atoms in total. The summed E-state index contributed by atoms with van der Waals surface area (Å²) in [6, 6.07) is 2.14. The van der Waals surface area contributed by atoms with Crippen molar-refractivity contribution in [1.82, 2.24) is 4.98 Å². The summed E-state index contributed by atoms with van der Waals surface area (Å²) < 4.78 is 0. The lowest BCUT2D eigenvalue weighted by Gasteiger charge is -2.18. The van der Waals surface area contributed by atoms with E-state index in [-0.39, 0.29) is 5.56 Å². The van der Waals surface area contributed by atoms with Crippen LogP contribution in [0.4, 0.5) is 0 Å². The smallest absolute Gasteiger partial charge is 0.328 e. The van der Waals surface area contributed by atoms with Crippen LogP contribution in [0.2, 0.25) is 0 Å². The number of carbonyl (C=O) groups is 1. The van der Waals surface area contributed by atoms with Crippen LogP contribution in [-0.4, -0.2) is 21.2 Å². The van der Waals surface area contributed by atoms with E-state index in [1.165, 1.54) is 6.92 Å². The van der Waals surface area contributed by atoms with Crippen LogP contribution in [0.15, 0.2) is 16.9 Å². The number of carboxylic acids is 1. The lowest BCUT2D eigenvalue weighted by molar-refractivity contribution is -0.143. The van der Waals surface area contributed by atoms with E-state index in [1.54, 1.807) is 0 Å². The predicted molar refractivity (Wildman–Crippen MR) is 47.9 cm³/mol. The highest BCUT2D eigenvalue weighted by atomic mass is 16.4. The maximum absolute atomic E-state index is 10.9. The summed E-state index contributed by atoms with van der Waals surface area (Å²) in [6.45, 7) is 1.24. The molecule has 1 rings (SSSR count). The molecule has 0 bridgehead atoms. The molecule has 1 unspecified atom stereocenters. The fourth-order valence-corrected chi connectivity index (χ4v) is 0.952. The summed E-state index contributed by atoms with van der Waals surface area (Å²) in [5.41, 5.74) is 3.21. The minimum Gasteiger partial charge on any atom is -0.495 e. The summed E-state index contributed by atoms with van der Waals surface area (Å²) in [7, 11) is 0. The minimum absolute atomic E-state index is 0.0475. The van der Waals surface area contributed by atoms with Gasteiger partial charge >= 0.3 is 5.97 Å². The molecule has 1 heterocycles. The van der Waals surface area contributed by atoms with Gasteiger partial charge in [-0.25, -0.2) is 4.79 Å². The topological polar surface area (TPSA) is 116 Å². The predicted octanol–water partition coefficient (Wildman–Crippen LogP) is -0.661. The van der Waals surface area contributed by atoms with Crippen molar-refractivity contribution >= 4 is 5.97 Å². The molecule has 0 aromatic carbocycles. The number of hydrogen-bond donors (Lipinski definition) is 4. The highest BCUT2D eigenvalue weighted by Crippen LogP contribution is 2.18. The zero-order chi connectivity index (χ0) is 10.9. The Balaban J connectivity index is 3.32. The number of aliphatic carboxylic acids is 1. The van der Waals surface area contributed by atoms with Crippen LogP contribution in [-0.2, 0) is 10.3 Å². The Bertz CT molecular complexity index is 422. The number of carboxylic acid groups (broad SMARTS) is 1. The van der Waals surface area contributed by atoms with Crippen LogP contribution < -0.4 is 11.3 Å². The molecule has 0 fully saturated rings. The van der Waals surface area contributed by atoms with Gasteiger partial charge in [0.2, 0.25) is 0 Å². The molecule has 0 spiro atoms. The Morgan fingerprint density at radius 1 is 1.57 bits per heavy atom. The van der Waals surface area contributed by atoms with Crippen LogP contribution in [0.1, 0.15) is 12.5 Å². The quantitative estimate of drug-likeness (QED) is 0.503. The molecule has 6 heteroatoms. The molecule has 0 aliphatic carbocycles. The summed E-state index contributed by atoms with van der Waals surface area (Å²) in [5, 5.41) is 17.8. The minimum atomic E-state index is -1.69. The molecular formula is C8H10N2O4. The van der Waals surface area contributed by atoms with Crippen molar-refractivity contribution in [1.29, 1.82) is 0 Å². The lowest BCUT2D eigenvalue weighted by atomic mass is 9.94. The molecular weight excluding hydrogens is 188 g/mol. The Hall–Kier alpha value is -1.82. The van der Waals surface area contributed by atoms with E-state index < -0.39 is 22.9 Å². The zero-order valence-corrected chi connectivity index (χ0v) is 7.44. The van der Waals surface area contributed by atoms with E-state index in [1.807, 2.05) is 0 Å². The number of nitrogens with one attached hydrogen (secondary N) is 1. The normalized spacial score (nSPS) is 14.7. The van der Waals surface area contributed by atoms with E-state index in [0.717, 1.165) is 12.1 Å². The molecule has 1 atom stereocenters. The molecule has 0 amide bonds. The summed E-state index contributed by atoms with van der Waals surface area (Å²) in [4.78, 5) is 23.7. The van der Waals surface area contributed by atoms with E-state index in [9.17, 15) is 9.59 Å². The molecule has 0 aliphatic rings. The third-order valence-corrected chi connectivity index (χ3v) is 1.87. The monoisotopic (exact) mass is 198 g/mol. The average Bonchev–Trinajstić information content (AvgIpc) is 2.01. The van der Waals surface area contributed by atoms with Crippen LogP contribution >= 0.6 is 0 Å². The van der Waals surface area contributed by atoms with Gasteiger partial charge in [0.1, 0.15) is 5.54 Å². The van der Waals surface area contributed by atoms with Crippen LogP contribution in [0.3, 0.4) is 0 Å². The van der Waals surface area contributed by atoms with Crippen molar-refractivity contribution in [2.45, 2.75) is 12.5 Å². The van der Waals surface area contributed by atoms with Gasteiger partial charge in [0.05, 0.1) is 0 Å². The second-order valence-corrected chi connectivity index (χ2v) is 3.13. The fraction of sp³-hybridized carbons (Fsp3) is 0.250. The third-order valence-electron chi connectivity index (χ3n) is 1.87. The standard InChI is InChI=1S/C8H10N2O4/c1-8(9,7(13)14)4-2-5(11)10-6(12)3-4/h2-3H,9H2,1H3,(H,13,14)(H2,10,11,12). The first-order chi connectivity index (χ1) is 6.34. The largest absolute Gasteiger partial charge is 0.495 e. The molecule has 0 aliphatic heterocycles. The highest BCUT2D eigenvalue weighted by molar-refractivity contribution is 5.79. The SMILES string of the molecule is CC(N)(C(=O)O)c1cc(O)[nH]c(=O)c1. The van der Waals surface area contributed by atoms with Crippen molar-refractivity contribution in [3.8, 4) is 5.88 Å². The molecule has 5 N–H and O–H groups in total. The van der Waals surface area contributed by atoms with Gasteiger partial charge in [-0.05, 0) is 12.5 Å². The number of nitrogens with two attached hydrogens (primary N) is 1. The summed E-state index contributed by atoms with van der Waals surface area (Å²) >= 11 is 0. The molecule has 14 heavy (non-hydrogen) atoms. The Labute approximate surface area is 79.0 Å². The number of aromatic nitrogens is 1. The van der Waals surface area contributed by atoms with E-state index in [2.05, 4.69) is 4.98 Å². The Morgan fingerprint density at radius 3 is 2.57 bits per heavy atom.